The van der Waals surface area contributed by atoms with Gasteiger partial charge < -0.3 is 10.6 Å². The Balaban J connectivity index is 0.00000320. The molecule has 0 unspecified atom stereocenters. The third-order valence-corrected chi connectivity index (χ3v) is 4.62. The number of aryl methyl sites for hydroxylation is 1. The third kappa shape index (κ3) is 5.21. The van der Waals surface area contributed by atoms with Crippen LogP contribution in [0.2, 0.25) is 5.02 Å². The van der Waals surface area contributed by atoms with Crippen LogP contribution in [0.25, 0.3) is 0 Å². The summed E-state index contributed by atoms with van der Waals surface area (Å²) in [6, 6.07) is 8.83. The molecule has 3 rings (SSSR count). The molecule has 10 heteroatoms. The van der Waals surface area contributed by atoms with E-state index in [9.17, 15) is 4.79 Å². The van der Waals surface area contributed by atoms with Crippen molar-refractivity contribution in [3.05, 3.63) is 58.4 Å². The van der Waals surface area contributed by atoms with Crippen LogP contribution in [0.1, 0.15) is 41.4 Å². The average Bonchev–Trinajstić information content (AvgIpc) is 3.05. The molecular formula is C20H24Cl2N6O2. The number of pyridine rings is 1. The van der Waals surface area contributed by atoms with E-state index in [1.165, 1.54) is 7.11 Å². The number of nitrogens with zero attached hydrogens (tertiary/aromatic N) is 2. The number of nitrogens with one attached hydrogen (secondary N) is 4. The Morgan fingerprint density at radius 1 is 1.20 bits per heavy atom. The van der Waals surface area contributed by atoms with E-state index in [0.717, 1.165) is 17.1 Å². The van der Waals surface area contributed by atoms with Gasteiger partial charge in [0.2, 0.25) is 0 Å². The summed E-state index contributed by atoms with van der Waals surface area (Å²) in [4.78, 5) is 21.3. The molecule has 1 amide bonds. The van der Waals surface area contributed by atoms with Gasteiger partial charge in [0.15, 0.2) is 0 Å². The van der Waals surface area contributed by atoms with E-state index in [0.29, 0.717) is 33.7 Å². The van der Waals surface area contributed by atoms with Gasteiger partial charge in [-0.15, -0.1) is 12.4 Å². The molecule has 0 atom stereocenters. The zero-order valence-corrected chi connectivity index (χ0v) is 18.6. The molecule has 0 aliphatic heterocycles. The van der Waals surface area contributed by atoms with Gasteiger partial charge in [0.25, 0.3) is 5.91 Å². The number of para-hydroxylation sites is 1. The van der Waals surface area contributed by atoms with Crippen molar-refractivity contribution in [1.29, 1.82) is 0 Å². The first-order chi connectivity index (χ1) is 13.9. The summed E-state index contributed by atoms with van der Waals surface area (Å²) in [5.41, 5.74) is 5.96. The predicted molar refractivity (Wildman–Crippen MR) is 121 cm³/mol. The second-order valence-corrected chi connectivity index (χ2v) is 7.14. The van der Waals surface area contributed by atoms with Crippen molar-refractivity contribution in [1.82, 2.24) is 20.7 Å². The van der Waals surface area contributed by atoms with Crippen LogP contribution in [0.3, 0.4) is 0 Å². The van der Waals surface area contributed by atoms with E-state index in [4.69, 9.17) is 16.4 Å². The zero-order chi connectivity index (χ0) is 21.0. The molecule has 2 heterocycles. The van der Waals surface area contributed by atoms with Gasteiger partial charge in [-0.3, -0.25) is 14.7 Å². The number of benzene rings is 1. The summed E-state index contributed by atoms with van der Waals surface area (Å²) in [5.74, 6) is 1.31. The van der Waals surface area contributed by atoms with Gasteiger partial charge >= 0.3 is 0 Å². The maximum atomic E-state index is 12.2. The van der Waals surface area contributed by atoms with Crippen LogP contribution in [0.5, 0.6) is 0 Å². The quantitative estimate of drug-likeness (QED) is 0.373. The highest BCUT2D eigenvalue weighted by Gasteiger charge is 2.16. The average molecular weight is 451 g/mol. The summed E-state index contributed by atoms with van der Waals surface area (Å²) in [7, 11) is 1.38. The monoisotopic (exact) mass is 450 g/mol. The van der Waals surface area contributed by atoms with Crippen LogP contribution in [0.15, 0.2) is 36.5 Å². The predicted octanol–water partition coefficient (Wildman–Crippen LogP) is 5.09. The molecule has 3 aromatic rings. The van der Waals surface area contributed by atoms with E-state index >= 15 is 0 Å². The fourth-order valence-electron chi connectivity index (χ4n) is 3.06. The van der Waals surface area contributed by atoms with E-state index in [2.05, 4.69) is 45.1 Å². The number of carbonyl (C=O) groups excluding carboxylic acids is 1. The fourth-order valence-corrected chi connectivity index (χ4v) is 3.21. The lowest BCUT2D eigenvalue weighted by Crippen LogP contribution is -2.22. The van der Waals surface area contributed by atoms with Crippen molar-refractivity contribution in [2.75, 3.05) is 17.7 Å². The number of aromatic amines is 1. The van der Waals surface area contributed by atoms with Gasteiger partial charge in [-0.1, -0.05) is 37.6 Å². The summed E-state index contributed by atoms with van der Waals surface area (Å²) < 4.78 is 0. The molecule has 0 radical (unpaired) electrons. The highest BCUT2D eigenvalue weighted by Crippen LogP contribution is 2.31. The number of hydroxylamine groups is 1. The summed E-state index contributed by atoms with van der Waals surface area (Å²) in [5, 5.41) is 14.2. The van der Waals surface area contributed by atoms with Gasteiger partial charge in [0.05, 0.1) is 41.0 Å². The summed E-state index contributed by atoms with van der Waals surface area (Å²) in [6.07, 6.45) is 1.54. The normalized spacial score (nSPS) is 10.5. The lowest BCUT2D eigenvalue weighted by molar-refractivity contribution is 0.0538. The standard InChI is InChI=1S/C20H23ClN6O2.ClH/c1-11(2)18-12(3)25-26-19(18)24-17-9-16(14(21)10-22-17)23-15-8-6-5-7-13(15)20(28)27-29-4;/h5-11H,1-4H3,(H,27,28)(H3,22,23,24,25,26);1H. The molecule has 2 aromatic heterocycles. The van der Waals surface area contributed by atoms with Crippen LogP contribution < -0.4 is 16.1 Å². The number of halogens is 2. The molecule has 0 saturated heterocycles. The van der Waals surface area contributed by atoms with Gasteiger partial charge in [-0.25, -0.2) is 10.5 Å². The molecule has 0 aliphatic carbocycles. The zero-order valence-electron chi connectivity index (χ0n) is 17.0. The maximum absolute atomic E-state index is 12.2. The minimum absolute atomic E-state index is 0. The summed E-state index contributed by atoms with van der Waals surface area (Å²) in [6.45, 7) is 6.17. The number of anilines is 4. The number of H-pyrrole nitrogens is 1. The molecule has 0 spiro atoms. The molecule has 0 saturated carbocycles. The first-order valence-electron chi connectivity index (χ1n) is 9.07. The highest BCUT2D eigenvalue weighted by atomic mass is 35.5. The molecule has 160 valence electrons. The van der Waals surface area contributed by atoms with Crippen molar-refractivity contribution in [2.45, 2.75) is 26.7 Å². The van der Waals surface area contributed by atoms with Crippen LogP contribution >= 0.6 is 24.0 Å². The largest absolute Gasteiger partial charge is 0.353 e. The van der Waals surface area contributed by atoms with Gasteiger partial charge in [-0.05, 0) is 25.0 Å². The molecule has 30 heavy (non-hydrogen) atoms. The number of rotatable bonds is 7. The molecule has 8 nitrogen and oxygen atoms in total. The topological polar surface area (TPSA) is 104 Å². The van der Waals surface area contributed by atoms with E-state index in [-0.39, 0.29) is 18.3 Å². The Labute approximate surface area is 186 Å². The molecule has 1 aromatic carbocycles. The van der Waals surface area contributed by atoms with Crippen LogP contribution in [0.4, 0.5) is 23.0 Å². The smallest absolute Gasteiger partial charge is 0.276 e. The fraction of sp³-hybridized carbons (Fsp3) is 0.250. The minimum atomic E-state index is -0.367. The minimum Gasteiger partial charge on any atom is -0.353 e. The second-order valence-electron chi connectivity index (χ2n) is 6.73. The van der Waals surface area contributed by atoms with E-state index in [1.54, 1.807) is 30.5 Å². The first kappa shape index (κ1) is 23.5. The van der Waals surface area contributed by atoms with Crippen molar-refractivity contribution in [3.63, 3.8) is 0 Å². The highest BCUT2D eigenvalue weighted by molar-refractivity contribution is 6.33. The SMILES string of the molecule is CONC(=O)c1ccccc1Nc1cc(Nc2[nH]nc(C)c2C(C)C)ncc1Cl.Cl. The maximum Gasteiger partial charge on any atom is 0.276 e. The molecular weight excluding hydrogens is 427 g/mol. The number of aromatic nitrogens is 3. The van der Waals surface area contributed by atoms with Crippen molar-refractivity contribution in [2.24, 2.45) is 0 Å². The van der Waals surface area contributed by atoms with Gasteiger partial charge in [0.1, 0.15) is 11.6 Å². The van der Waals surface area contributed by atoms with E-state index in [1.807, 2.05) is 13.0 Å². The van der Waals surface area contributed by atoms with Crippen molar-refractivity contribution >= 4 is 52.9 Å². The Morgan fingerprint density at radius 2 is 1.93 bits per heavy atom. The Kier molecular flexibility index (Phi) is 8.05. The second kappa shape index (κ2) is 10.3. The lowest BCUT2D eigenvalue weighted by atomic mass is 10.0. The molecule has 0 aliphatic rings. The number of amides is 1. The molecule has 0 fully saturated rings. The molecule has 0 bridgehead atoms. The van der Waals surface area contributed by atoms with E-state index < -0.39 is 0 Å². The van der Waals surface area contributed by atoms with Crippen LogP contribution in [-0.4, -0.2) is 28.2 Å². The van der Waals surface area contributed by atoms with Crippen LogP contribution in [0, 0.1) is 6.92 Å². The van der Waals surface area contributed by atoms with Gasteiger partial charge in [0, 0.05) is 11.6 Å². The lowest BCUT2D eigenvalue weighted by Gasteiger charge is -2.14. The van der Waals surface area contributed by atoms with Gasteiger partial charge in [-0.2, -0.15) is 5.10 Å². The number of carbonyl (C=O) groups is 1. The Hall–Kier alpha value is -2.81. The number of hydrogen-bond donors (Lipinski definition) is 4. The van der Waals surface area contributed by atoms with Crippen molar-refractivity contribution in [3.8, 4) is 0 Å². The Morgan fingerprint density at radius 3 is 2.63 bits per heavy atom. The summed E-state index contributed by atoms with van der Waals surface area (Å²) >= 11 is 6.33. The Bertz CT molecular complexity index is 1020. The first-order valence-corrected chi connectivity index (χ1v) is 9.45. The van der Waals surface area contributed by atoms with Crippen LogP contribution in [-0.2, 0) is 4.84 Å². The number of hydrogen-bond acceptors (Lipinski definition) is 6. The molecule has 4 N–H and O–H groups in total. The third-order valence-electron chi connectivity index (χ3n) is 4.32. The van der Waals surface area contributed by atoms with Crippen molar-refractivity contribution < 1.29 is 9.63 Å².